The molecule has 2 N–H and O–H groups in total. The number of carbonyl (C=O) groups is 1. The van der Waals surface area contributed by atoms with Crippen molar-refractivity contribution in [1.82, 2.24) is 15.5 Å². The average molecular weight is 344 g/mol. The molecule has 126 valence electrons. The summed E-state index contributed by atoms with van der Waals surface area (Å²) < 4.78 is 0. The van der Waals surface area contributed by atoms with Gasteiger partial charge < -0.3 is 10.6 Å². The van der Waals surface area contributed by atoms with E-state index in [9.17, 15) is 4.79 Å². The van der Waals surface area contributed by atoms with Crippen molar-refractivity contribution in [2.24, 2.45) is 0 Å². The third-order valence-electron chi connectivity index (χ3n) is 4.32. The number of rotatable bonds is 4. The van der Waals surface area contributed by atoms with Gasteiger partial charge in [-0.3, -0.25) is 9.69 Å². The van der Waals surface area contributed by atoms with Crippen LogP contribution in [0, 0.1) is 0 Å². The van der Waals surface area contributed by atoms with Gasteiger partial charge in [-0.15, -0.1) is 0 Å². The number of hydrogen-bond acceptors (Lipinski definition) is 3. The molecule has 1 aromatic rings. The second kappa shape index (κ2) is 7.69. The van der Waals surface area contributed by atoms with E-state index in [0.717, 1.165) is 26.1 Å². The molecule has 0 atom stereocenters. The summed E-state index contributed by atoms with van der Waals surface area (Å²) in [6.45, 7) is 5.34. The van der Waals surface area contributed by atoms with Gasteiger partial charge >= 0.3 is 0 Å². The lowest BCUT2D eigenvalue weighted by Gasteiger charge is -2.28. The Morgan fingerprint density at radius 1 is 1.42 bits per heavy atom. The maximum atomic E-state index is 12.2. The molecule has 1 aromatic carbocycles. The molecule has 0 fully saturated rings. The summed E-state index contributed by atoms with van der Waals surface area (Å²) in [6.07, 6.45) is 7.55. The first kappa shape index (κ1) is 16.8. The lowest BCUT2D eigenvalue weighted by atomic mass is 9.99. The Balaban J connectivity index is 1.54. The Kier molecular flexibility index (Phi) is 5.38. The molecule has 1 amide bonds. The van der Waals surface area contributed by atoms with Crippen molar-refractivity contribution in [2.45, 2.75) is 13.3 Å². The summed E-state index contributed by atoms with van der Waals surface area (Å²) in [4.78, 5) is 14.4. The first-order chi connectivity index (χ1) is 11.6. The molecule has 0 aliphatic carbocycles. The Morgan fingerprint density at radius 2 is 2.29 bits per heavy atom. The van der Waals surface area contributed by atoms with Crippen LogP contribution in [0.4, 0.5) is 0 Å². The maximum Gasteiger partial charge on any atom is 0.252 e. The number of hydrogen-bond donors (Lipinski definition) is 2. The minimum atomic E-state index is -0.0927. The number of nitrogens with one attached hydrogen (secondary N) is 2. The summed E-state index contributed by atoms with van der Waals surface area (Å²) in [6, 6.07) is 7.00. The molecule has 4 nitrogen and oxygen atoms in total. The molecule has 2 aliphatic heterocycles. The van der Waals surface area contributed by atoms with E-state index in [1.807, 2.05) is 0 Å². The van der Waals surface area contributed by atoms with Gasteiger partial charge in [0, 0.05) is 35.9 Å². The van der Waals surface area contributed by atoms with Gasteiger partial charge in [0.15, 0.2) is 0 Å². The zero-order valence-electron chi connectivity index (χ0n) is 13.8. The van der Waals surface area contributed by atoms with Gasteiger partial charge in [-0.1, -0.05) is 35.9 Å². The zero-order chi connectivity index (χ0) is 16.9. The van der Waals surface area contributed by atoms with E-state index in [1.165, 1.54) is 16.8 Å². The average Bonchev–Trinajstić information content (AvgIpc) is 2.61. The lowest BCUT2D eigenvalue weighted by Crippen LogP contribution is -2.40. The van der Waals surface area contributed by atoms with Crippen LogP contribution >= 0.6 is 11.6 Å². The smallest absolute Gasteiger partial charge is 0.252 e. The predicted octanol–water partition coefficient (Wildman–Crippen LogP) is 3.09. The largest absolute Gasteiger partial charge is 0.381 e. The van der Waals surface area contributed by atoms with Crippen molar-refractivity contribution in [3.8, 4) is 0 Å². The molecule has 2 heterocycles. The topological polar surface area (TPSA) is 44.4 Å². The van der Waals surface area contributed by atoms with Crippen molar-refractivity contribution in [2.75, 3.05) is 26.3 Å². The van der Waals surface area contributed by atoms with Crippen molar-refractivity contribution >= 4 is 17.5 Å². The zero-order valence-corrected chi connectivity index (χ0v) is 14.6. The van der Waals surface area contributed by atoms with E-state index in [1.54, 1.807) is 24.3 Å². The second-order valence-electron chi connectivity index (χ2n) is 6.07. The summed E-state index contributed by atoms with van der Waals surface area (Å²) in [7, 11) is 0. The van der Waals surface area contributed by atoms with Crippen LogP contribution in [-0.2, 0) is 0 Å². The van der Waals surface area contributed by atoms with E-state index >= 15 is 0 Å². The number of halogens is 1. The molecule has 0 spiro atoms. The van der Waals surface area contributed by atoms with E-state index < -0.39 is 0 Å². The van der Waals surface area contributed by atoms with Crippen LogP contribution in [-0.4, -0.2) is 37.1 Å². The molecule has 5 heteroatoms. The maximum absolute atomic E-state index is 12.2. The van der Waals surface area contributed by atoms with Crippen LogP contribution < -0.4 is 10.6 Å². The van der Waals surface area contributed by atoms with Gasteiger partial charge in [-0.25, -0.2) is 0 Å². The van der Waals surface area contributed by atoms with Gasteiger partial charge in [-0.05, 0) is 42.7 Å². The van der Waals surface area contributed by atoms with E-state index in [0.29, 0.717) is 17.3 Å². The molecule has 0 aromatic heterocycles. The third kappa shape index (κ3) is 4.08. The SMILES string of the molecule is CC1=C(C2=CCN(CNC(=O)c3cccc(Cl)c3)CC2)NCC=C1. The Morgan fingerprint density at radius 3 is 3.00 bits per heavy atom. The highest BCUT2D eigenvalue weighted by molar-refractivity contribution is 6.30. The molecule has 0 saturated heterocycles. The molecule has 0 unspecified atom stereocenters. The monoisotopic (exact) mass is 343 g/mol. The second-order valence-corrected chi connectivity index (χ2v) is 6.51. The predicted molar refractivity (Wildman–Crippen MR) is 97.9 cm³/mol. The fourth-order valence-electron chi connectivity index (χ4n) is 2.98. The van der Waals surface area contributed by atoms with E-state index in [4.69, 9.17) is 11.6 Å². The van der Waals surface area contributed by atoms with Gasteiger partial charge in [0.1, 0.15) is 0 Å². The summed E-state index contributed by atoms with van der Waals surface area (Å²) in [5.41, 5.74) is 4.51. The van der Waals surface area contributed by atoms with E-state index in [-0.39, 0.29) is 5.91 Å². The minimum Gasteiger partial charge on any atom is -0.381 e. The van der Waals surface area contributed by atoms with Crippen LogP contribution in [0.5, 0.6) is 0 Å². The van der Waals surface area contributed by atoms with Gasteiger partial charge in [0.25, 0.3) is 5.91 Å². The Bertz CT molecular complexity index is 721. The molecule has 0 radical (unpaired) electrons. The Hall–Kier alpha value is -2.04. The molecule has 24 heavy (non-hydrogen) atoms. The molecule has 0 bridgehead atoms. The number of amides is 1. The molecular formula is C19H22ClN3O. The fraction of sp³-hybridized carbons (Fsp3) is 0.316. The van der Waals surface area contributed by atoms with Crippen LogP contribution in [0.25, 0.3) is 0 Å². The van der Waals surface area contributed by atoms with Crippen LogP contribution in [0.15, 0.2) is 59.3 Å². The van der Waals surface area contributed by atoms with Crippen LogP contribution in [0.2, 0.25) is 5.02 Å². The quantitative estimate of drug-likeness (QED) is 0.883. The number of allylic oxidation sites excluding steroid dienone is 3. The standard InChI is InChI=1S/C19H22ClN3O/c1-14-4-3-9-21-18(14)15-7-10-23(11-8-15)13-22-19(24)16-5-2-6-17(20)12-16/h2-7,12,21H,8-11,13H2,1H3,(H,22,24). The number of dihydropyridines is 1. The number of nitrogens with zero attached hydrogens (tertiary/aromatic N) is 1. The van der Waals surface area contributed by atoms with Gasteiger partial charge in [0.05, 0.1) is 6.67 Å². The van der Waals surface area contributed by atoms with Crippen molar-refractivity contribution in [1.29, 1.82) is 0 Å². The highest BCUT2D eigenvalue weighted by atomic mass is 35.5. The van der Waals surface area contributed by atoms with Crippen LogP contribution in [0.1, 0.15) is 23.7 Å². The fourth-order valence-corrected chi connectivity index (χ4v) is 3.17. The summed E-state index contributed by atoms with van der Waals surface area (Å²) >= 11 is 5.93. The first-order valence-corrected chi connectivity index (χ1v) is 8.58. The van der Waals surface area contributed by atoms with Crippen molar-refractivity contribution in [3.63, 3.8) is 0 Å². The highest BCUT2D eigenvalue weighted by Crippen LogP contribution is 2.22. The molecule has 0 saturated carbocycles. The molecule has 2 aliphatic rings. The highest BCUT2D eigenvalue weighted by Gasteiger charge is 2.17. The normalized spacial score (nSPS) is 18.2. The van der Waals surface area contributed by atoms with E-state index in [2.05, 4.69) is 40.7 Å². The van der Waals surface area contributed by atoms with Crippen molar-refractivity contribution < 1.29 is 4.79 Å². The third-order valence-corrected chi connectivity index (χ3v) is 4.56. The summed E-state index contributed by atoms with van der Waals surface area (Å²) in [5.74, 6) is -0.0927. The summed E-state index contributed by atoms with van der Waals surface area (Å²) in [5, 5.41) is 6.99. The Labute approximate surface area is 147 Å². The van der Waals surface area contributed by atoms with Crippen molar-refractivity contribution in [3.05, 3.63) is 69.9 Å². The minimum absolute atomic E-state index is 0.0927. The number of benzene rings is 1. The van der Waals surface area contributed by atoms with Gasteiger partial charge in [0.2, 0.25) is 0 Å². The molecule has 3 rings (SSSR count). The number of carbonyl (C=O) groups excluding carboxylic acids is 1. The van der Waals surface area contributed by atoms with Crippen LogP contribution in [0.3, 0.4) is 0 Å². The molecular weight excluding hydrogens is 322 g/mol. The van der Waals surface area contributed by atoms with Gasteiger partial charge in [-0.2, -0.15) is 0 Å². The lowest BCUT2D eigenvalue weighted by molar-refractivity contribution is 0.0925. The first-order valence-electron chi connectivity index (χ1n) is 8.20.